The molecule has 46 heavy (non-hydrogen) atoms. The van der Waals surface area contributed by atoms with Crippen LogP contribution in [0.1, 0.15) is 68.0 Å². The Morgan fingerprint density at radius 2 is 1.24 bits per heavy atom. The van der Waals surface area contributed by atoms with Crippen molar-refractivity contribution in [3.8, 4) is 0 Å². The molecule has 3 heterocycles. The average molecular weight is 779 g/mol. The summed E-state index contributed by atoms with van der Waals surface area (Å²) in [5.41, 5.74) is 13.4. The summed E-state index contributed by atoms with van der Waals surface area (Å²) in [6.07, 6.45) is 1.55. The van der Waals surface area contributed by atoms with Crippen LogP contribution in [0.5, 0.6) is 0 Å². The lowest BCUT2D eigenvalue weighted by Gasteiger charge is -2.37. The molecule has 1 aliphatic rings. The van der Waals surface area contributed by atoms with Crippen LogP contribution in [0.3, 0.4) is 0 Å². The van der Waals surface area contributed by atoms with E-state index in [2.05, 4.69) is 120 Å². The highest BCUT2D eigenvalue weighted by molar-refractivity contribution is 9.10. The van der Waals surface area contributed by atoms with E-state index in [1.807, 2.05) is 36.5 Å². The van der Waals surface area contributed by atoms with Gasteiger partial charge in [0.15, 0.2) is 0 Å². The first-order valence-corrected chi connectivity index (χ1v) is 17.7. The topological polar surface area (TPSA) is 32.3 Å². The molecule has 1 fully saturated rings. The normalized spacial score (nSPS) is 14.3. The second-order valence-electron chi connectivity index (χ2n) is 12.3. The Morgan fingerprint density at radius 1 is 0.717 bits per heavy atom. The van der Waals surface area contributed by atoms with E-state index in [1.165, 1.54) is 44.8 Å². The molecule has 2 aromatic heterocycles. The molecule has 1 atom stereocenters. The summed E-state index contributed by atoms with van der Waals surface area (Å²) in [4.78, 5) is 14.8. The van der Waals surface area contributed by atoms with Crippen LogP contribution in [0.2, 0.25) is 10.2 Å². The van der Waals surface area contributed by atoms with Gasteiger partial charge in [-0.3, -0.25) is 4.98 Å². The predicted octanol–water partition coefficient (Wildman–Crippen LogP) is 11.4. The van der Waals surface area contributed by atoms with Crippen molar-refractivity contribution >= 4 is 66.4 Å². The second-order valence-corrected chi connectivity index (χ2v) is 14.7. The molecule has 3 aromatic carbocycles. The highest BCUT2D eigenvalue weighted by Crippen LogP contribution is 2.50. The Balaban J connectivity index is 1.65. The monoisotopic (exact) mass is 776 g/mol. The quantitative estimate of drug-likeness (QED) is 0.161. The highest BCUT2D eigenvalue weighted by Gasteiger charge is 2.41. The maximum absolute atomic E-state index is 7.29. The molecule has 6 rings (SSSR count). The summed E-state index contributed by atoms with van der Waals surface area (Å²) in [5.74, 6) is -0.311. The van der Waals surface area contributed by atoms with Crippen molar-refractivity contribution in [2.75, 3.05) is 22.9 Å². The minimum atomic E-state index is -0.311. The third-order valence-corrected chi connectivity index (χ3v) is 11.1. The zero-order valence-electron chi connectivity index (χ0n) is 26.8. The van der Waals surface area contributed by atoms with E-state index in [-0.39, 0.29) is 17.2 Å². The van der Waals surface area contributed by atoms with E-state index in [9.17, 15) is 0 Å². The number of aryl methyl sites for hydroxylation is 6. The highest BCUT2D eigenvalue weighted by atomic mass is 79.9. The molecule has 0 amide bonds. The van der Waals surface area contributed by atoms with Gasteiger partial charge in [-0.1, -0.05) is 88.9 Å². The smallest absolute Gasteiger partial charge is 0.148 e. The summed E-state index contributed by atoms with van der Waals surface area (Å²) in [6.45, 7) is 14.7. The van der Waals surface area contributed by atoms with Crippen molar-refractivity contribution in [1.82, 2.24) is 9.97 Å². The lowest BCUT2D eigenvalue weighted by Crippen LogP contribution is -2.33. The van der Waals surface area contributed by atoms with E-state index >= 15 is 0 Å². The Hall–Kier alpha value is -2.90. The molecule has 0 bridgehead atoms. The first-order valence-electron chi connectivity index (χ1n) is 15.4. The predicted molar refractivity (Wildman–Crippen MR) is 200 cm³/mol. The fourth-order valence-corrected chi connectivity index (χ4v) is 9.07. The lowest BCUT2D eigenvalue weighted by atomic mass is 9.90. The Kier molecular flexibility index (Phi) is 9.55. The molecule has 5 aromatic rings. The van der Waals surface area contributed by atoms with Gasteiger partial charge < -0.3 is 9.80 Å². The SMILES string of the molecule is Cc1cc(C)c(N2CCN(c3c(C)cc(C)cc3C)C2c2c(Cl)c(Cl)nc(C(c3ccccc3)c3ncccc3Br)c2Br)c(C)c1. The first-order chi connectivity index (χ1) is 22.0. The van der Waals surface area contributed by atoms with Crippen molar-refractivity contribution in [3.63, 3.8) is 0 Å². The molecule has 236 valence electrons. The molecule has 4 nitrogen and oxygen atoms in total. The number of nitrogens with zero attached hydrogens (tertiary/aromatic N) is 4. The van der Waals surface area contributed by atoms with Crippen LogP contribution in [-0.2, 0) is 0 Å². The molecular formula is C38H36Br2Cl2N4. The van der Waals surface area contributed by atoms with E-state index in [0.717, 1.165) is 44.5 Å². The van der Waals surface area contributed by atoms with Crippen LogP contribution in [0.25, 0.3) is 0 Å². The molecule has 1 aliphatic heterocycles. The van der Waals surface area contributed by atoms with E-state index in [1.54, 1.807) is 0 Å². The molecular weight excluding hydrogens is 743 g/mol. The van der Waals surface area contributed by atoms with Gasteiger partial charge in [0, 0.05) is 45.2 Å². The summed E-state index contributed by atoms with van der Waals surface area (Å²) < 4.78 is 1.71. The van der Waals surface area contributed by atoms with Crippen LogP contribution in [-0.4, -0.2) is 23.1 Å². The van der Waals surface area contributed by atoms with Crippen molar-refractivity contribution in [2.24, 2.45) is 0 Å². The van der Waals surface area contributed by atoms with Gasteiger partial charge >= 0.3 is 0 Å². The van der Waals surface area contributed by atoms with Crippen LogP contribution in [0.4, 0.5) is 11.4 Å². The molecule has 1 unspecified atom stereocenters. The number of hydrogen-bond donors (Lipinski definition) is 0. The number of hydrogen-bond acceptors (Lipinski definition) is 4. The van der Waals surface area contributed by atoms with Crippen LogP contribution in [0, 0.1) is 41.5 Å². The van der Waals surface area contributed by atoms with Gasteiger partial charge in [0.2, 0.25) is 0 Å². The van der Waals surface area contributed by atoms with Crippen molar-refractivity contribution in [3.05, 3.63) is 148 Å². The third kappa shape index (κ3) is 5.98. The molecule has 0 radical (unpaired) electrons. The largest absolute Gasteiger partial charge is 0.345 e. The second kappa shape index (κ2) is 13.3. The first kappa shape index (κ1) is 33.0. The van der Waals surface area contributed by atoms with Crippen molar-refractivity contribution < 1.29 is 0 Å². The number of benzene rings is 3. The van der Waals surface area contributed by atoms with Gasteiger partial charge in [0.05, 0.1) is 22.3 Å². The van der Waals surface area contributed by atoms with E-state index in [0.29, 0.717) is 5.02 Å². The molecule has 8 heteroatoms. The van der Waals surface area contributed by atoms with Crippen LogP contribution in [0.15, 0.2) is 81.9 Å². The summed E-state index contributed by atoms with van der Waals surface area (Å²) in [5, 5.41) is 0.709. The summed E-state index contributed by atoms with van der Waals surface area (Å²) >= 11 is 22.2. The third-order valence-electron chi connectivity index (χ3n) is 8.84. The number of rotatable bonds is 6. The fourth-order valence-electron chi connectivity index (χ4n) is 7.33. The van der Waals surface area contributed by atoms with Gasteiger partial charge in [-0.05, 0) is 113 Å². The number of halogens is 4. The van der Waals surface area contributed by atoms with Crippen molar-refractivity contribution in [1.29, 1.82) is 0 Å². The minimum absolute atomic E-state index is 0.259. The Labute approximate surface area is 299 Å². The number of aromatic nitrogens is 2. The lowest BCUT2D eigenvalue weighted by molar-refractivity contribution is 0.701. The van der Waals surface area contributed by atoms with Crippen molar-refractivity contribution in [2.45, 2.75) is 53.6 Å². The van der Waals surface area contributed by atoms with Gasteiger partial charge in [-0.2, -0.15) is 0 Å². The standard InChI is InChI=1S/C38H36Br2Cl2N4/c1-21-17-23(3)35(24(4)18-21)45-15-16-46(36-25(5)19-22(2)20-26(36)6)38(45)30-31(40)34(44-37(42)32(30)41)29(27-11-8-7-9-12-27)33-28(39)13-10-14-43-33/h7-14,17-20,29,38H,15-16H2,1-6H3. The maximum Gasteiger partial charge on any atom is 0.148 e. The zero-order chi connectivity index (χ0) is 32.9. The zero-order valence-corrected chi connectivity index (χ0v) is 31.5. The average Bonchev–Trinajstić information content (AvgIpc) is 3.39. The molecule has 1 saturated heterocycles. The van der Waals surface area contributed by atoms with Gasteiger partial charge in [0.25, 0.3) is 0 Å². The summed E-state index contributed by atoms with van der Waals surface area (Å²) in [7, 11) is 0. The molecule has 0 N–H and O–H groups in total. The van der Waals surface area contributed by atoms with Crippen LogP contribution >= 0.6 is 55.1 Å². The molecule has 0 saturated carbocycles. The van der Waals surface area contributed by atoms with Gasteiger partial charge in [-0.15, -0.1) is 0 Å². The Morgan fingerprint density at radius 3 is 1.74 bits per heavy atom. The Bertz CT molecular complexity index is 1830. The van der Waals surface area contributed by atoms with E-state index < -0.39 is 0 Å². The fraction of sp³-hybridized carbons (Fsp3) is 0.263. The minimum Gasteiger partial charge on any atom is -0.345 e. The number of pyridine rings is 2. The summed E-state index contributed by atoms with van der Waals surface area (Å²) in [6, 6.07) is 23.3. The van der Waals surface area contributed by atoms with Gasteiger partial charge in [-0.25, -0.2) is 4.98 Å². The van der Waals surface area contributed by atoms with E-state index in [4.69, 9.17) is 33.2 Å². The molecule has 0 aliphatic carbocycles. The molecule has 0 spiro atoms. The maximum atomic E-state index is 7.29. The van der Waals surface area contributed by atoms with Gasteiger partial charge in [0.1, 0.15) is 11.3 Å². The number of anilines is 2. The van der Waals surface area contributed by atoms with Crippen LogP contribution < -0.4 is 9.80 Å².